The standard InChI is InChI=1S/C48H87NO7/c1-6-8-10-12-14-16-18-19-20-21-22-23-24-25-26-27-29-31-33-35-37-39-47(51)56-44(42-54-41-40-45(48(52)53)49(3,4)5)43-55-46(50)38-36-34-32-30-28-17-15-13-11-9-7-2/h9,11,15,17,30,32,44-45H,6-8,10,12-14,16,18-29,31,33-43H2,1-5H3/p+1/b11-9+,17-15+,32-30+. The number of carboxylic acids is 1. The topological polar surface area (TPSA) is 99.1 Å². The van der Waals surface area contributed by atoms with E-state index < -0.39 is 18.1 Å². The van der Waals surface area contributed by atoms with E-state index in [4.69, 9.17) is 14.2 Å². The lowest BCUT2D eigenvalue weighted by Crippen LogP contribution is -2.50. The molecule has 0 saturated heterocycles. The molecule has 326 valence electrons. The number of carboxylic acid groups (broad SMARTS) is 1. The lowest BCUT2D eigenvalue weighted by molar-refractivity contribution is -0.887. The summed E-state index contributed by atoms with van der Waals surface area (Å²) in [5, 5.41) is 9.61. The van der Waals surface area contributed by atoms with Gasteiger partial charge >= 0.3 is 17.9 Å². The second-order valence-electron chi connectivity index (χ2n) is 16.6. The quantitative estimate of drug-likeness (QED) is 0.0285. The Bertz CT molecular complexity index is 1020. The highest BCUT2D eigenvalue weighted by molar-refractivity contribution is 5.72. The molecule has 0 spiro atoms. The number of rotatable bonds is 41. The second kappa shape index (κ2) is 39.4. The number of hydrogen-bond donors (Lipinski definition) is 1. The summed E-state index contributed by atoms with van der Waals surface area (Å²) in [6, 6.07) is -0.620. The predicted molar refractivity (Wildman–Crippen MR) is 234 cm³/mol. The summed E-state index contributed by atoms with van der Waals surface area (Å²) in [4.78, 5) is 36.9. The van der Waals surface area contributed by atoms with Crippen LogP contribution in [0.15, 0.2) is 36.5 Å². The molecule has 0 aromatic carbocycles. The monoisotopic (exact) mass is 791 g/mol. The molecular weight excluding hydrogens is 703 g/mol. The Morgan fingerprint density at radius 1 is 0.554 bits per heavy atom. The maximum absolute atomic E-state index is 12.7. The van der Waals surface area contributed by atoms with E-state index >= 15 is 0 Å². The van der Waals surface area contributed by atoms with Crippen LogP contribution >= 0.6 is 0 Å². The summed E-state index contributed by atoms with van der Waals surface area (Å²) in [7, 11) is 5.51. The van der Waals surface area contributed by atoms with Crippen molar-refractivity contribution in [1.82, 2.24) is 0 Å². The maximum atomic E-state index is 12.7. The molecule has 1 N–H and O–H groups in total. The summed E-state index contributed by atoms with van der Waals surface area (Å²) < 4.78 is 17.2. The fourth-order valence-corrected chi connectivity index (χ4v) is 6.76. The molecule has 0 heterocycles. The molecule has 0 fully saturated rings. The highest BCUT2D eigenvalue weighted by Gasteiger charge is 2.31. The molecule has 2 atom stereocenters. The summed E-state index contributed by atoms with van der Waals surface area (Å²) in [5.41, 5.74) is 0. The Kier molecular flexibility index (Phi) is 37.7. The van der Waals surface area contributed by atoms with E-state index in [0.717, 1.165) is 44.9 Å². The number of unbranched alkanes of at least 4 members (excludes halogenated alkanes) is 21. The van der Waals surface area contributed by atoms with E-state index in [1.807, 2.05) is 21.1 Å². The third-order valence-corrected chi connectivity index (χ3v) is 10.3. The molecule has 0 aromatic heterocycles. The van der Waals surface area contributed by atoms with E-state index in [0.29, 0.717) is 19.3 Å². The van der Waals surface area contributed by atoms with Crippen LogP contribution in [0.2, 0.25) is 0 Å². The van der Waals surface area contributed by atoms with Gasteiger partial charge in [0.25, 0.3) is 0 Å². The third-order valence-electron chi connectivity index (χ3n) is 10.3. The minimum Gasteiger partial charge on any atom is -0.477 e. The molecule has 8 nitrogen and oxygen atoms in total. The van der Waals surface area contributed by atoms with Crippen LogP contribution in [0.3, 0.4) is 0 Å². The van der Waals surface area contributed by atoms with Gasteiger partial charge in [-0.3, -0.25) is 9.59 Å². The third kappa shape index (κ3) is 37.1. The van der Waals surface area contributed by atoms with Crippen LogP contribution in [-0.4, -0.2) is 80.6 Å². The summed E-state index contributed by atoms with van der Waals surface area (Å²) in [6.45, 7) is 4.58. The molecule has 0 rings (SSSR count). The number of hydrogen-bond acceptors (Lipinski definition) is 6. The Morgan fingerprint density at radius 2 is 1.00 bits per heavy atom. The van der Waals surface area contributed by atoms with Gasteiger partial charge in [-0.25, -0.2) is 4.79 Å². The highest BCUT2D eigenvalue weighted by atomic mass is 16.6. The van der Waals surface area contributed by atoms with E-state index in [-0.39, 0.29) is 42.7 Å². The molecule has 0 aliphatic heterocycles. The lowest BCUT2D eigenvalue weighted by atomic mass is 10.0. The zero-order chi connectivity index (χ0) is 41.4. The predicted octanol–water partition coefficient (Wildman–Crippen LogP) is 12.6. The van der Waals surface area contributed by atoms with E-state index in [1.165, 1.54) is 116 Å². The number of quaternary nitrogens is 1. The van der Waals surface area contributed by atoms with Crippen molar-refractivity contribution in [1.29, 1.82) is 0 Å². The largest absolute Gasteiger partial charge is 0.477 e. The minimum atomic E-state index is -0.880. The van der Waals surface area contributed by atoms with Crippen LogP contribution in [-0.2, 0) is 28.6 Å². The van der Waals surface area contributed by atoms with Gasteiger partial charge in [-0.1, -0.05) is 179 Å². The minimum absolute atomic E-state index is 0.0479. The Morgan fingerprint density at radius 3 is 1.46 bits per heavy atom. The first-order valence-corrected chi connectivity index (χ1v) is 23.0. The van der Waals surface area contributed by atoms with Crippen molar-refractivity contribution in [3.8, 4) is 0 Å². The molecule has 0 aliphatic rings. The van der Waals surface area contributed by atoms with Crippen molar-refractivity contribution in [2.24, 2.45) is 0 Å². The number of likely N-dealkylation sites (N-methyl/N-ethyl adjacent to an activating group) is 1. The molecular formula is C48H88NO7+. The molecule has 0 saturated carbocycles. The highest BCUT2D eigenvalue weighted by Crippen LogP contribution is 2.16. The second-order valence-corrected chi connectivity index (χ2v) is 16.6. The number of aliphatic carboxylic acids is 1. The SMILES string of the molecule is CC/C=C/C/C=C/C/C=C/CCCC(=O)OCC(COCCC(C(=O)O)[N+](C)(C)C)OC(=O)CCCCCCCCCCCCCCCCCCCCCCC. The van der Waals surface area contributed by atoms with Crippen molar-refractivity contribution in [2.45, 2.75) is 212 Å². The van der Waals surface area contributed by atoms with E-state index in [2.05, 4.69) is 50.3 Å². The number of allylic oxidation sites excluding steroid dienone is 6. The van der Waals surface area contributed by atoms with Crippen molar-refractivity contribution < 1.29 is 38.2 Å². The summed E-state index contributed by atoms with van der Waals surface area (Å²) >= 11 is 0. The fourth-order valence-electron chi connectivity index (χ4n) is 6.76. The van der Waals surface area contributed by atoms with Crippen molar-refractivity contribution in [3.63, 3.8) is 0 Å². The van der Waals surface area contributed by atoms with Crippen molar-refractivity contribution in [2.75, 3.05) is 41.0 Å². The van der Waals surface area contributed by atoms with Gasteiger partial charge in [-0.05, 0) is 38.5 Å². The molecule has 0 bridgehead atoms. The van der Waals surface area contributed by atoms with Gasteiger partial charge in [-0.2, -0.15) is 0 Å². The van der Waals surface area contributed by atoms with E-state index in [9.17, 15) is 19.5 Å². The average Bonchev–Trinajstić information content (AvgIpc) is 3.15. The zero-order valence-electron chi connectivity index (χ0n) is 37.1. The number of carbonyl (C=O) groups excluding carboxylic acids is 2. The molecule has 0 aliphatic carbocycles. The van der Waals surface area contributed by atoms with Gasteiger partial charge in [0.2, 0.25) is 0 Å². The van der Waals surface area contributed by atoms with Gasteiger partial charge in [0.15, 0.2) is 12.1 Å². The van der Waals surface area contributed by atoms with Gasteiger partial charge in [0, 0.05) is 19.3 Å². The van der Waals surface area contributed by atoms with Gasteiger partial charge in [0.1, 0.15) is 6.61 Å². The van der Waals surface area contributed by atoms with E-state index in [1.54, 1.807) is 0 Å². The maximum Gasteiger partial charge on any atom is 0.362 e. The van der Waals surface area contributed by atoms with Crippen LogP contribution in [0.1, 0.15) is 200 Å². The van der Waals surface area contributed by atoms with Crippen LogP contribution in [0.5, 0.6) is 0 Å². The van der Waals surface area contributed by atoms with Crippen LogP contribution in [0, 0.1) is 0 Å². The number of carbonyl (C=O) groups is 3. The zero-order valence-corrected chi connectivity index (χ0v) is 37.1. The van der Waals surface area contributed by atoms with Gasteiger partial charge < -0.3 is 23.8 Å². The first-order valence-electron chi connectivity index (χ1n) is 23.0. The summed E-state index contributed by atoms with van der Waals surface area (Å²) in [5.74, 6) is -1.53. The fraction of sp³-hybridized carbons (Fsp3) is 0.812. The Hall–Kier alpha value is -2.45. The molecule has 56 heavy (non-hydrogen) atoms. The van der Waals surface area contributed by atoms with Crippen LogP contribution in [0.4, 0.5) is 0 Å². The first-order chi connectivity index (χ1) is 27.1. The van der Waals surface area contributed by atoms with Gasteiger partial charge in [-0.15, -0.1) is 0 Å². The number of nitrogens with zero attached hydrogens (tertiary/aromatic N) is 1. The molecule has 2 unspecified atom stereocenters. The Labute approximate surface area is 344 Å². The smallest absolute Gasteiger partial charge is 0.362 e. The van der Waals surface area contributed by atoms with Gasteiger partial charge in [0.05, 0.1) is 34.4 Å². The molecule has 0 radical (unpaired) electrons. The Balaban J connectivity index is 4.25. The van der Waals surface area contributed by atoms with Crippen molar-refractivity contribution >= 4 is 17.9 Å². The average molecular weight is 791 g/mol. The number of esters is 2. The first kappa shape index (κ1) is 53.6. The molecule has 0 amide bonds. The van der Waals surface area contributed by atoms with Crippen LogP contribution in [0.25, 0.3) is 0 Å². The molecule has 8 heteroatoms. The van der Waals surface area contributed by atoms with Crippen LogP contribution < -0.4 is 0 Å². The number of ether oxygens (including phenoxy) is 3. The summed E-state index contributed by atoms with van der Waals surface area (Å²) in [6.07, 6.45) is 45.0. The van der Waals surface area contributed by atoms with Crippen molar-refractivity contribution in [3.05, 3.63) is 36.5 Å². The lowest BCUT2D eigenvalue weighted by Gasteiger charge is -2.31. The molecule has 0 aromatic rings. The normalized spacial score (nSPS) is 13.2.